The van der Waals surface area contributed by atoms with Gasteiger partial charge >= 0.3 is 5.97 Å². The molecule has 6 nitrogen and oxygen atoms in total. The molecule has 0 saturated carbocycles. The third-order valence-electron chi connectivity index (χ3n) is 2.34. The summed E-state index contributed by atoms with van der Waals surface area (Å²) in [6, 6.07) is 4.10. The molecule has 0 aliphatic carbocycles. The largest absolute Gasteiger partial charge is 0.478 e. The van der Waals surface area contributed by atoms with Crippen LogP contribution in [0.2, 0.25) is 5.02 Å². The van der Waals surface area contributed by atoms with E-state index in [2.05, 4.69) is 9.97 Å². The zero-order valence-electron chi connectivity index (χ0n) is 10.3. The van der Waals surface area contributed by atoms with Gasteiger partial charge in [-0.15, -0.1) is 0 Å². The molecule has 0 radical (unpaired) electrons. The molecule has 0 spiro atoms. The zero-order valence-corrected chi connectivity index (χ0v) is 11.9. The molecule has 1 heterocycles. The number of halogens is 1. The van der Waals surface area contributed by atoms with Gasteiger partial charge in [-0.25, -0.2) is 9.78 Å². The van der Waals surface area contributed by atoms with Crippen molar-refractivity contribution in [3.8, 4) is 0 Å². The monoisotopic (exact) mass is 311 g/mol. The molecule has 2 rings (SSSR count). The van der Waals surface area contributed by atoms with Gasteiger partial charge in [0.15, 0.2) is 5.16 Å². The third kappa shape index (κ3) is 3.12. The maximum atomic E-state index is 11.4. The zero-order chi connectivity index (χ0) is 14.9. The van der Waals surface area contributed by atoms with E-state index in [9.17, 15) is 14.7 Å². The van der Waals surface area contributed by atoms with E-state index in [0.29, 0.717) is 5.69 Å². The van der Waals surface area contributed by atoms with Crippen molar-refractivity contribution in [1.29, 1.82) is 0 Å². The number of aromatic nitrogens is 2. The molecular weight excluding hydrogens is 302 g/mol. The Kier molecular flexibility index (Phi) is 4.01. The van der Waals surface area contributed by atoms with Crippen LogP contribution in [0.5, 0.6) is 0 Å². The van der Waals surface area contributed by atoms with Crippen molar-refractivity contribution >= 4 is 35.0 Å². The average Bonchev–Trinajstić information content (AvgIpc) is 2.30. The van der Waals surface area contributed by atoms with E-state index in [1.807, 2.05) is 0 Å². The molecule has 0 atom stereocenters. The third-order valence-corrected chi connectivity index (χ3v) is 3.78. The standard InChI is InChI=1S/C12H10ClN3O3S/c1-5-2-9(17)16-12(15-5)20-10-7(11(18)19)3-6(14)4-8(10)13/h2-4H,14H2,1H3,(H,18,19)(H,15,16,17). The summed E-state index contributed by atoms with van der Waals surface area (Å²) >= 11 is 7.00. The molecule has 104 valence electrons. The lowest BCUT2D eigenvalue weighted by Gasteiger charge is -2.09. The van der Waals surface area contributed by atoms with Crippen molar-refractivity contribution in [2.75, 3.05) is 5.73 Å². The van der Waals surface area contributed by atoms with E-state index in [1.165, 1.54) is 18.2 Å². The molecule has 2 aromatic rings. The number of carboxylic acid groups (broad SMARTS) is 1. The highest BCUT2D eigenvalue weighted by atomic mass is 35.5. The minimum Gasteiger partial charge on any atom is -0.478 e. The Labute approximate surface area is 123 Å². The summed E-state index contributed by atoms with van der Waals surface area (Å²) in [6.07, 6.45) is 0. The summed E-state index contributed by atoms with van der Waals surface area (Å²) in [5, 5.41) is 9.64. The van der Waals surface area contributed by atoms with Crippen LogP contribution in [0.15, 0.2) is 33.0 Å². The predicted molar refractivity (Wildman–Crippen MR) is 76.5 cm³/mol. The number of nitrogens with zero attached hydrogens (tertiary/aromatic N) is 1. The first-order valence-corrected chi connectivity index (χ1v) is 6.64. The van der Waals surface area contributed by atoms with Crippen LogP contribution >= 0.6 is 23.4 Å². The van der Waals surface area contributed by atoms with Crippen LogP contribution in [-0.2, 0) is 0 Å². The number of benzene rings is 1. The molecular formula is C12H10ClN3O3S. The number of carboxylic acids is 1. The quantitative estimate of drug-likeness (QED) is 0.592. The lowest BCUT2D eigenvalue weighted by molar-refractivity contribution is 0.0693. The number of rotatable bonds is 3. The Morgan fingerprint density at radius 1 is 1.45 bits per heavy atom. The van der Waals surface area contributed by atoms with E-state index in [1.54, 1.807) is 6.92 Å². The number of nitrogen functional groups attached to an aromatic ring is 1. The number of hydrogen-bond donors (Lipinski definition) is 3. The number of aromatic amines is 1. The smallest absolute Gasteiger partial charge is 0.336 e. The molecule has 20 heavy (non-hydrogen) atoms. The molecule has 0 amide bonds. The number of H-pyrrole nitrogens is 1. The van der Waals surface area contributed by atoms with Gasteiger partial charge in [0.2, 0.25) is 0 Å². The van der Waals surface area contributed by atoms with Crippen LogP contribution in [0, 0.1) is 6.92 Å². The lowest BCUT2D eigenvalue weighted by Crippen LogP contribution is -2.08. The average molecular weight is 312 g/mol. The highest BCUT2D eigenvalue weighted by Crippen LogP contribution is 2.35. The number of anilines is 1. The Balaban J connectivity index is 2.52. The van der Waals surface area contributed by atoms with Crippen molar-refractivity contribution in [1.82, 2.24) is 9.97 Å². The van der Waals surface area contributed by atoms with Crippen molar-refractivity contribution in [2.24, 2.45) is 0 Å². The summed E-state index contributed by atoms with van der Waals surface area (Å²) in [5.74, 6) is -1.16. The summed E-state index contributed by atoms with van der Waals surface area (Å²) in [5.41, 5.74) is 6.00. The fourth-order valence-corrected chi connectivity index (χ4v) is 2.86. The Bertz CT molecular complexity index is 745. The molecule has 0 fully saturated rings. The molecule has 0 aliphatic heterocycles. The van der Waals surface area contributed by atoms with Gasteiger partial charge in [0.25, 0.3) is 5.56 Å². The van der Waals surface area contributed by atoms with Gasteiger partial charge in [-0.1, -0.05) is 11.6 Å². The Hall–Kier alpha value is -1.99. The van der Waals surface area contributed by atoms with Gasteiger partial charge < -0.3 is 15.8 Å². The van der Waals surface area contributed by atoms with E-state index >= 15 is 0 Å². The molecule has 0 aliphatic rings. The topological polar surface area (TPSA) is 109 Å². The molecule has 4 N–H and O–H groups in total. The van der Waals surface area contributed by atoms with Crippen molar-refractivity contribution in [3.63, 3.8) is 0 Å². The van der Waals surface area contributed by atoms with Gasteiger partial charge in [0, 0.05) is 22.3 Å². The summed E-state index contributed by atoms with van der Waals surface area (Å²) in [6.45, 7) is 1.67. The summed E-state index contributed by atoms with van der Waals surface area (Å²) in [4.78, 5) is 29.5. The normalized spacial score (nSPS) is 10.5. The van der Waals surface area contributed by atoms with Crippen molar-refractivity contribution < 1.29 is 9.90 Å². The summed E-state index contributed by atoms with van der Waals surface area (Å²) in [7, 11) is 0. The molecule has 1 aromatic carbocycles. The molecule has 8 heteroatoms. The van der Waals surface area contributed by atoms with Crippen LogP contribution in [0.4, 0.5) is 5.69 Å². The van der Waals surface area contributed by atoms with Gasteiger partial charge in [0.1, 0.15) is 0 Å². The number of aryl methyl sites for hydroxylation is 1. The first-order chi connectivity index (χ1) is 9.36. The highest BCUT2D eigenvalue weighted by molar-refractivity contribution is 7.99. The van der Waals surface area contributed by atoms with Crippen LogP contribution in [-0.4, -0.2) is 21.0 Å². The van der Waals surface area contributed by atoms with Gasteiger partial charge in [-0.2, -0.15) is 0 Å². The Morgan fingerprint density at radius 3 is 2.75 bits per heavy atom. The maximum absolute atomic E-state index is 11.4. The lowest BCUT2D eigenvalue weighted by atomic mass is 10.2. The fourth-order valence-electron chi connectivity index (χ4n) is 1.57. The molecule has 0 saturated heterocycles. The number of hydrogen-bond acceptors (Lipinski definition) is 5. The SMILES string of the molecule is Cc1cc(=O)[nH]c(Sc2c(Cl)cc(N)cc2C(=O)O)n1. The minimum atomic E-state index is -1.16. The highest BCUT2D eigenvalue weighted by Gasteiger charge is 2.17. The first-order valence-electron chi connectivity index (χ1n) is 5.45. The van der Waals surface area contributed by atoms with Crippen molar-refractivity contribution in [3.05, 3.63) is 44.8 Å². The van der Waals surface area contributed by atoms with E-state index < -0.39 is 5.97 Å². The van der Waals surface area contributed by atoms with Gasteiger partial charge in [0.05, 0.1) is 10.6 Å². The van der Waals surface area contributed by atoms with E-state index in [4.69, 9.17) is 17.3 Å². The van der Waals surface area contributed by atoms with Crippen LogP contribution in [0.25, 0.3) is 0 Å². The molecule has 0 unspecified atom stereocenters. The van der Waals surface area contributed by atoms with E-state index in [-0.39, 0.29) is 31.9 Å². The second kappa shape index (κ2) is 5.56. The first kappa shape index (κ1) is 14.4. The van der Waals surface area contributed by atoms with E-state index in [0.717, 1.165) is 11.8 Å². The van der Waals surface area contributed by atoms with Gasteiger partial charge in [-0.3, -0.25) is 4.79 Å². The second-order valence-corrected chi connectivity index (χ2v) is 5.38. The fraction of sp³-hybridized carbons (Fsp3) is 0.0833. The van der Waals surface area contributed by atoms with Crippen LogP contribution in [0.1, 0.15) is 16.1 Å². The van der Waals surface area contributed by atoms with Crippen LogP contribution < -0.4 is 11.3 Å². The summed E-state index contributed by atoms with van der Waals surface area (Å²) < 4.78 is 0. The number of carbonyl (C=O) groups is 1. The molecule has 0 bridgehead atoms. The minimum absolute atomic E-state index is 0.0378. The maximum Gasteiger partial charge on any atom is 0.336 e. The van der Waals surface area contributed by atoms with Crippen molar-refractivity contribution in [2.45, 2.75) is 17.0 Å². The number of nitrogens with two attached hydrogens (primary N) is 1. The van der Waals surface area contributed by atoms with Gasteiger partial charge in [-0.05, 0) is 30.8 Å². The predicted octanol–water partition coefficient (Wildman–Crippen LogP) is 2.16. The Morgan fingerprint density at radius 2 is 2.15 bits per heavy atom. The van der Waals surface area contributed by atoms with Crippen LogP contribution in [0.3, 0.4) is 0 Å². The number of aromatic carboxylic acids is 1. The number of nitrogens with one attached hydrogen (secondary N) is 1. The second-order valence-electron chi connectivity index (χ2n) is 3.98. The molecule has 1 aromatic heterocycles.